The van der Waals surface area contributed by atoms with Crippen LogP contribution in [0.2, 0.25) is 0 Å². The molecule has 0 saturated heterocycles. The third-order valence-corrected chi connectivity index (χ3v) is 5.66. The number of hydrogen-bond acceptors (Lipinski definition) is 3. The van der Waals surface area contributed by atoms with E-state index in [0.717, 1.165) is 36.5 Å². The van der Waals surface area contributed by atoms with Gasteiger partial charge < -0.3 is 4.57 Å². The molecule has 2 heterocycles. The summed E-state index contributed by atoms with van der Waals surface area (Å²) < 4.78 is 42.8. The summed E-state index contributed by atoms with van der Waals surface area (Å²) in [5.74, 6) is 0.336. The normalized spacial score (nSPS) is 13.6. The smallest absolute Gasteiger partial charge is 0.236 e. The number of anilines is 1. The van der Waals surface area contributed by atoms with Gasteiger partial charge in [-0.2, -0.15) is 0 Å². The molecule has 26 heavy (non-hydrogen) atoms. The fourth-order valence-corrected chi connectivity index (χ4v) is 4.47. The Hall–Kier alpha value is -2.67. The zero-order chi connectivity index (χ0) is 18.1. The number of hydrogen-bond donors (Lipinski definition) is 1. The second-order valence-electron chi connectivity index (χ2n) is 6.39. The van der Waals surface area contributed by atoms with Crippen LogP contribution in [0, 0.1) is 5.82 Å². The van der Waals surface area contributed by atoms with Crippen molar-refractivity contribution in [2.24, 2.45) is 0 Å². The van der Waals surface area contributed by atoms with Crippen molar-refractivity contribution in [3.8, 4) is 11.3 Å². The van der Waals surface area contributed by atoms with Crippen molar-refractivity contribution < 1.29 is 12.8 Å². The van der Waals surface area contributed by atoms with Gasteiger partial charge >= 0.3 is 0 Å². The highest BCUT2D eigenvalue weighted by Crippen LogP contribution is 2.27. The first-order valence-corrected chi connectivity index (χ1v) is 10.1. The number of nitrogens with one attached hydrogen (secondary N) is 1. The van der Waals surface area contributed by atoms with Gasteiger partial charge in [0, 0.05) is 24.2 Å². The second-order valence-corrected chi connectivity index (χ2v) is 8.11. The monoisotopic (exact) mass is 371 g/mol. The summed E-state index contributed by atoms with van der Waals surface area (Å²) in [7, 11) is -3.64. The molecule has 1 aromatic heterocycles. The van der Waals surface area contributed by atoms with E-state index in [4.69, 9.17) is 0 Å². The zero-order valence-corrected chi connectivity index (χ0v) is 14.8. The molecule has 1 aliphatic heterocycles. The molecule has 4 rings (SSSR count). The Morgan fingerprint density at radius 2 is 2.00 bits per heavy atom. The first-order valence-electron chi connectivity index (χ1n) is 8.40. The number of sulfonamides is 1. The summed E-state index contributed by atoms with van der Waals surface area (Å²) in [5, 5.41) is 0. The summed E-state index contributed by atoms with van der Waals surface area (Å²) in [6.45, 7) is 0.931. The van der Waals surface area contributed by atoms with Crippen LogP contribution >= 0.6 is 0 Å². The first-order chi connectivity index (χ1) is 12.5. The van der Waals surface area contributed by atoms with Gasteiger partial charge in [0.1, 0.15) is 11.6 Å². The third-order valence-electron chi connectivity index (χ3n) is 4.40. The van der Waals surface area contributed by atoms with Gasteiger partial charge in [0.15, 0.2) is 0 Å². The molecule has 0 aliphatic carbocycles. The molecule has 0 bridgehead atoms. The van der Waals surface area contributed by atoms with Crippen LogP contribution in [-0.4, -0.2) is 18.0 Å². The maximum Gasteiger partial charge on any atom is 0.236 e. The van der Waals surface area contributed by atoms with E-state index in [1.165, 1.54) is 18.2 Å². The number of imidazole rings is 1. The molecule has 1 aliphatic rings. The molecule has 0 atom stereocenters. The first kappa shape index (κ1) is 16.8. The quantitative estimate of drug-likeness (QED) is 0.746. The summed E-state index contributed by atoms with van der Waals surface area (Å²) in [4.78, 5) is 4.43. The maximum atomic E-state index is 13.3. The Kier molecular flexibility index (Phi) is 4.24. The highest BCUT2D eigenvalue weighted by molar-refractivity contribution is 7.91. The van der Waals surface area contributed by atoms with Crippen molar-refractivity contribution in [3.63, 3.8) is 0 Å². The number of halogens is 1. The van der Waals surface area contributed by atoms with Gasteiger partial charge in [-0.1, -0.05) is 24.3 Å². The van der Waals surface area contributed by atoms with Crippen LogP contribution in [0.15, 0.2) is 54.7 Å². The van der Waals surface area contributed by atoms with Gasteiger partial charge in [0.25, 0.3) is 0 Å². The summed E-state index contributed by atoms with van der Waals surface area (Å²) in [6.07, 6.45) is 3.88. The molecule has 0 unspecified atom stereocenters. The SMILES string of the molecule is O=S(=O)(Cc1cccc(F)c1)Nc1cccc(-c2cnc3n2CCC3)c1. The number of fused-ring (bicyclic) bond motifs is 1. The lowest BCUT2D eigenvalue weighted by atomic mass is 10.1. The van der Waals surface area contributed by atoms with Crippen molar-refractivity contribution in [1.82, 2.24) is 9.55 Å². The fraction of sp³-hybridized carbons (Fsp3) is 0.211. The van der Waals surface area contributed by atoms with Crippen LogP contribution in [0.5, 0.6) is 0 Å². The molecule has 0 radical (unpaired) electrons. The average molecular weight is 371 g/mol. The number of rotatable bonds is 5. The Balaban J connectivity index is 1.57. The average Bonchev–Trinajstić information content (AvgIpc) is 3.17. The molecule has 5 nitrogen and oxygen atoms in total. The van der Waals surface area contributed by atoms with Gasteiger partial charge in [0.05, 0.1) is 17.6 Å². The van der Waals surface area contributed by atoms with E-state index in [-0.39, 0.29) is 5.75 Å². The van der Waals surface area contributed by atoms with E-state index in [1.54, 1.807) is 18.2 Å². The van der Waals surface area contributed by atoms with Crippen LogP contribution in [0.3, 0.4) is 0 Å². The highest BCUT2D eigenvalue weighted by Gasteiger charge is 2.17. The molecule has 0 spiro atoms. The zero-order valence-electron chi connectivity index (χ0n) is 14.0. The minimum Gasteiger partial charge on any atom is -0.328 e. The Labute approximate surface area is 151 Å². The number of aryl methyl sites for hydroxylation is 1. The Bertz CT molecular complexity index is 1060. The number of benzene rings is 2. The highest BCUT2D eigenvalue weighted by atomic mass is 32.2. The topological polar surface area (TPSA) is 64.0 Å². The second kappa shape index (κ2) is 6.57. The van der Waals surface area contributed by atoms with Gasteiger partial charge in [-0.05, 0) is 36.2 Å². The van der Waals surface area contributed by atoms with E-state index in [9.17, 15) is 12.8 Å². The molecule has 0 saturated carbocycles. The van der Waals surface area contributed by atoms with Crippen molar-refractivity contribution >= 4 is 15.7 Å². The number of nitrogens with zero attached hydrogens (tertiary/aromatic N) is 2. The van der Waals surface area contributed by atoms with Crippen LogP contribution in [0.4, 0.5) is 10.1 Å². The van der Waals surface area contributed by atoms with Crippen LogP contribution in [0.25, 0.3) is 11.3 Å². The standard InChI is InChI=1S/C19H18FN3O2S/c20-16-6-1-4-14(10-16)13-26(24,25)22-17-7-2-5-15(11-17)18-12-21-19-8-3-9-23(18)19/h1-2,4-7,10-12,22H,3,8-9,13H2. The maximum absolute atomic E-state index is 13.3. The predicted molar refractivity (Wildman–Crippen MR) is 98.6 cm³/mol. The molecule has 7 heteroatoms. The summed E-state index contributed by atoms with van der Waals surface area (Å²) >= 11 is 0. The number of aromatic nitrogens is 2. The lowest BCUT2D eigenvalue weighted by Gasteiger charge is -2.10. The van der Waals surface area contributed by atoms with E-state index in [1.807, 2.05) is 18.3 Å². The molecule has 0 amide bonds. The van der Waals surface area contributed by atoms with E-state index in [0.29, 0.717) is 11.3 Å². The fourth-order valence-electron chi connectivity index (χ4n) is 3.29. The van der Waals surface area contributed by atoms with E-state index < -0.39 is 15.8 Å². The van der Waals surface area contributed by atoms with Crippen LogP contribution in [0.1, 0.15) is 17.8 Å². The molecular weight excluding hydrogens is 353 g/mol. The van der Waals surface area contributed by atoms with Crippen molar-refractivity contribution in [1.29, 1.82) is 0 Å². The molecule has 134 valence electrons. The van der Waals surface area contributed by atoms with Crippen molar-refractivity contribution in [3.05, 3.63) is 71.9 Å². The van der Waals surface area contributed by atoms with Gasteiger partial charge in [0.2, 0.25) is 10.0 Å². The Morgan fingerprint density at radius 1 is 1.15 bits per heavy atom. The summed E-state index contributed by atoms with van der Waals surface area (Å²) in [6, 6.07) is 12.9. The van der Waals surface area contributed by atoms with Gasteiger partial charge in [-0.3, -0.25) is 4.72 Å². The van der Waals surface area contributed by atoms with Gasteiger partial charge in [-0.15, -0.1) is 0 Å². The van der Waals surface area contributed by atoms with Crippen LogP contribution < -0.4 is 4.72 Å². The lowest BCUT2D eigenvalue weighted by Crippen LogP contribution is -2.15. The Morgan fingerprint density at radius 3 is 2.85 bits per heavy atom. The van der Waals surface area contributed by atoms with Gasteiger partial charge in [-0.25, -0.2) is 17.8 Å². The van der Waals surface area contributed by atoms with E-state index in [2.05, 4.69) is 14.3 Å². The molecule has 1 N–H and O–H groups in total. The minimum atomic E-state index is -3.64. The lowest BCUT2D eigenvalue weighted by molar-refractivity contribution is 0.599. The molecule has 0 fully saturated rings. The summed E-state index contributed by atoms with van der Waals surface area (Å²) in [5.41, 5.74) is 2.79. The minimum absolute atomic E-state index is 0.281. The van der Waals surface area contributed by atoms with Crippen molar-refractivity contribution in [2.45, 2.75) is 25.1 Å². The predicted octanol–water partition coefficient (Wildman–Crippen LogP) is 3.58. The molecular formula is C19H18FN3O2S. The van der Waals surface area contributed by atoms with E-state index >= 15 is 0 Å². The third kappa shape index (κ3) is 3.48. The van der Waals surface area contributed by atoms with Crippen molar-refractivity contribution in [2.75, 3.05) is 4.72 Å². The molecule has 3 aromatic rings. The molecule has 2 aromatic carbocycles. The largest absolute Gasteiger partial charge is 0.328 e. The van der Waals surface area contributed by atoms with Crippen LogP contribution in [-0.2, 0) is 28.7 Å².